The van der Waals surface area contributed by atoms with E-state index in [0.29, 0.717) is 33.4 Å². The smallest absolute Gasteiger partial charge is 0.275 e. The van der Waals surface area contributed by atoms with Gasteiger partial charge in [-0.3, -0.25) is 9.59 Å². The van der Waals surface area contributed by atoms with Gasteiger partial charge in [0.25, 0.3) is 5.91 Å². The van der Waals surface area contributed by atoms with Crippen LogP contribution >= 0.6 is 23.2 Å². The molecule has 0 saturated heterocycles. The van der Waals surface area contributed by atoms with E-state index in [-0.39, 0.29) is 17.7 Å². The molecule has 1 aliphatic rings. The number of methoxy groups -OCH3 is 1. The van der Waals surface area contributed by atoms with Crippen LogP contribution in [0.5, 0.6) is 0 Å². The summed E-state index contributed by atoms with van der Waals surface area (Å²) in [4.78, 5) is 30.9. The third-order valence-electron chi connectivity index (χ3n) is 4.99. The summed E-state index contributed by atoms with van der Waals surface area (Å²) >= 11 is 12.3. The number of halogens is 2. The molecule has 0 radical (unpaired) electrons. The molecular weight excluding hydrogens is 423 g/mol. The van der Waals surface area contributed by atoms with Crippen LogP contribution < -0.4 is 0 Å². The van der Waals surface area contributed by atoms with Gasteiger partial charge in [0.15, 0.2) is 6.17 Å². The lowest BCUT2D eigenvalue weighted by Crippen LogP contribution is -2.40. The molecule has 2 atom stereocenters. The molecule has 0 aromatic heterocycles. The molecule has 0 spiro atoms. The fourth-order valence-corrected chi connectivity index (χ4v) is 4.07. The highest BCUT2D eigenvalue weighted by Crippen LogP contribution is 2.35. The Morgan fingerprint density at radius 1 is 1.23 bits per heavy atom. The molecule has 1 heterocycles. The topological polar surface area (TPSA) is 59.0 Å². The predicted molar refractivity (Wildman–Crippen MR) is 119 cm³/mol. The fourth-order valence-electron chi connectivity index (χ4n) is 3.54. The normalized spacial score (nSPS) is 16.9. The second kappa shape index (κ2) is 9.45. The maximum atomic E-state index is 13.5. The molecule has 2 aromatic carbocycles. The summed E-state index contributed by atoms with van der Waals surface area (Å²) in [5.41, 5.74) is 2.28. The Hall–Kier alpha value is -2.63. The van der Waals surface area contributed by atoms with Crippen LogP contribution in [0.25, 0.3) is 0 Å². The lowest BCUT2D eigenvalue weighted by Gasteiger charge is -2.33. The van der Waals surface area contributed by atoms with Crippen molar-refractivity contribution in [3.8, 4) is 0 Å². The second-order valence-electron chi connectivity index (χ2n) is 6.98. The summed E-state index contributed by atoms with van der Waals surface area (Å²) in [5.74, 6) is 0.103. The second-order valence-corrected chi connectivity index (χ2v) is 7.85. The third-order valence-corrected chi connectivity index (χ3v) is 5.43. The summed E-state index contributed by atoms with van der Waals surface area (Å²) in [6, 6.07) is 11.9. The quantitative estimate of drug-likeness (QED) is 0.400. The van der Waals surface area contributed by atoms with E-state index in [2.05, 4.69) is 11.6 Å². The minimum atomic E-state index is -0.683. The van der Waals surface area contributed by atoms with Crippen molar-refractivity contribution >= 4 is 41.1 Å². The Balaban J connectivity index is 2.06. The molecule has 1 aliphatic heterocycles. The van der Waals surface area contributed by atoms with E-state index in [1.165, 1.54) is 7.11 Å². The van der Waals surface area contributed by atoms with Crippen molar-refractivity contribution in [1.82, 2.24) is 4.90 Å². The Bertz CT molecular complexity index is 982. The summed E-state index contributed by atoms with van der Waals surface area (Å²) in [5, 5.41) is 0.839. The molecule has 7 heteroatoms. The van der Waals surface area contributed by atoms with Crippen molar-refractivity contribution in [2.24, 2.45) is 4.99 Å². The van der Waals surface area contributed by atoms with Crippen LogP contribution in [0.4, 0.5) is 0 Å². The van der Waals surface area contributed by atoms with Crippen molar-refractivity contribution in [3.63, 3.8) is 0 Å². The maximum absolute atomic E-state index is 13.5. The number of hydrogen-bond donors (Lipinski definition) is 0. The Morgan fingerprint density at radius 2 is 1.87 bits per heavy atom. The van der Waals surface area contributed by atoms with Crippen molar-refractivity contribution < 1.29 is 14.3 Å². The molecule has 0 aliphatic carbocycles. The first-order chi connectivity index (χ1) is 14.4. The minimum Gasteiger partial charge on any atom is -0.497 e. The van der Waals surface area contributed by atoms with Gasteiger partial charge in [-0.05, 0) is 30.2 Å². The molecule has 30 heavy (non-hydrogen) atoms. The number of aldehydes is 1. The monoisotopic (exact) mass is 444 g/mol. The summed E-state index contributed by atoms with van der Waals surface area (Å²) in [6.07, 6.45) is 1.66. The zero-order valence-corrected chi connectivity index (χ0v) is 18.3. The first-order valence-electron chi connectivity index (χ1n) is 9.54. The van der Waals surface area contributed by atoms with Gasteiger partial charge in [-0.2, -0.15) is 0 Å². The number of amides is 1. The Kier molecular flexibility index (Phi) is 6.95. The summed E-state index contributed by atoms with van der Waals surface area (Å²) < 4.78 is 5.35. The molecule has 0 fully saturated rings. The Labute approximate surface area is 186 Å². The molecule has 2 unspecified atom stereocenters. The van der Waals surface area contributed by atoms with Crippen LogP contribution in [0.1, 0.15) is 47.3 Å². The van der Waals surface area contributed by atoms with Crippen LogP contribution in [0, 0.1) is 0 Å². The van der Waals surface area contributed by atoms with E-state index >= 15 is 0 Å². The van der Waals surface area contributed by atoms with Gasteiger partial charge < -0.3 is 9.64 Å². The average molecular weight is 445 g/mol. The molecule has 0 N–H and O–H groups in total. The highest BCUT2D eigenvalue weighted by molar-refractivity contribution is 6.47. The number of carbonyl (C=O) groups excluding carboxylic acids is 2. The van der Waals surface area contributed by atoms with Gasteiger partial charge in [-0.15, -0.1) is 0 Å². The van der Waals surface area contributed by atoms with Crippen molar-refractivity contribution in [2.45, 2.75) is 32.0 Å². The Morgan fingerprint density at radius 3 is 2.40 bits per heavy atom. The molecule has 3 rings (SSSR count). The van der Waals surface area contributed by atoms with Crippen molar-refractivity contribution in [1.29, 1.82) is 0 Å². The zero-order valence-electron chi connectivity index (χ0n) is 16.8. The first kappa shape index (κ1) is 22.1. The van der Waals surface area contributed by atoms with E-state index in [1.807, 2.05) is 19.1 Å². The van der Waals surface area contributed by atoms with Crippen molar-refractivity contribution in [3.05, 3.63) is 81.5 Å². The highest BCUT2D eigenvalue weighted by atomic mass is 35.5. The SMILES string of the molecule is C=C(OC)C1N=C(c2cc(Cl)cc(Cl)c2)C(=O)N1C(CCC)c1ccc(C=O)cc1. The molecule has 2 aromatic rings. The van der Waals surface area contributed by atoms with Crippen LogP contribution in [-0.4, -0.2) is 36.1 Å². The van der Waals surface area contributed by atoms with Gasteiger partial charge in [0.1, 0.15) is 17.8 Å². The molecule has 1 amide bonds. The zero-order chi connectivity index (χ0) is 21.8. The van der Waals surface area contributed by atoms with Crippen LogP contribution in [-0.2, 0) is 9.53 Å². The van der Waals surface area contributed by atoms with Gasteiger partial charge in [-0.1, -0.05) is 67.4 Å². The van der Waals surface area contributed by atoms with Gasteiger partial charge in [0, 0.05) is 21.2 Å². The first-order valence-corrected chi connectivity index (χ1v) is 10.3. The molecular formula is C23H22Cl2N2O3. The van der Waals surface area contributed by atoms with E-state index in [0.717, 1.165) is 18.3 Å². The van der Waals surface area contributed by atoms with Crippen LogP contribution in [0.2, 0.25) is 10.0 Å². The van der Waals surface area contributed by atoms with Gasteiger partial charge in [0.05, 0.1) is 13.2 Å². The van der Waals surface area contributed by atoms with E-state index < -0.39 is 6.17 Å². The van der Waals surface area contributed by atoms with Crippen molar-refractivity contribution in [2.75, 3.05) is 7.11 Å². The van der Waals surface area contributed by atoms with Gasteiger partial charge in [-0.25, -0.2) is 4.99 Å². The van der Waals surface area contributed by atoms with E-state index in [4.69, 9.17) is 27.9 Å². The molecule has 156 valence electrons. The number of aliphatic imine (C=N–C) groups is 1. The fraction of sp³-hybridized carbons (Fsp3) is 0.261. The molecule has 0 bridgehead atoms. The molecule has 5 nitrogen and oxygen atoms in total. The minimum absolute atomic E-state index is 0.255. The van der Waals surface area contributed by atoms with Gasteiger partial charge >= 0.3 is 0 Å². The largest absolute Gasteiger partial charge is 0.497 e. The number of nitrogens with zero attached hydrogens (tertiary/aromatic N) is 2. The number of ether oxygens (including phenoxy) is 1. The van der Waals surface area contributed by atoms with Crippen LogP contribution in [0.15, 0.2) is 59.8 Å². The number of benzene rings is 2. The highest BCUT2D eigenvalue weighted by Gasteiger charge is 2.41. The average Bonchev–Trinajstić information content (AvgIpc) is 3.08. The lowest BCUT2D eigenvalue weighted by atomic mass is 9.98. The number of rotatable bonds is 8. The van der Waals surface area contributed by atoms with Crippen LogP contribution in [0.3, 0.4) is 0 Å². The van der Waals surface area contributed by atoms with E-state index in [9.17, 15) is 9.59 Å². The standard InChI is InChI=1S/C23H22Cl2N2O3/c1-4-5-20(16-8-6-15(13-28)7-9-16)27-22(14(2)30-3)26-21(23(27)29)17-10-18(24)12-19(25)11-17/h6-13,20,22H,2,4-5H2,1,3H3. The number of hydrogen-bond acceptors (Lipinski definition) is 4. The van der Waals surface area contributed by atoms with Gasteiger partial charge in [0.2, 0.25) is 0 Å². The maximum Gasteiger partial charge on any atom is 0.275 e. The predicted octanol–water partition coefficient (Wildman–Crippen LogP) is 5.46. The summed E-state index contributed by atoms with van der Waals surface area (Å²) in [7, 11) is 1.50. The lowest BCUT2D eigenvalue weighted by molar-refractivity contribution is -0.127. The summed E-state index contributed by atoms with van der Waals surface area (Å²) in [6.45, 7) is 5.99. The van der Waals surface area contributed by atoms with E-state index in [1.54, 1.807) is 35.2 Å². The number of carbonyl (C=O) groups is 2. The molecule has 0 saturated carbocycles. The third kappa shape index (κ3) is 4.42.